The van der Waals surface area contributed by atoms with Crippen LogP contribution in [-0.2, 0) is 13.2 Å². The third-order valence-corrected chi connectivity index (χ3v) is 4.63. The normalized spacial score (nSPS) is 14.9. The number of nitrogens with zero attached hydrogens (tertiary/aromatic N) is 4. The lowest BCUT2D eigenvalue weighted by Gasteiger charge is -2.16. The van der Waals surface area contributed by atoms with E-state index in [2.05, 4.69) is 61.8 Å². The highest BCUT2D eigenvalue weighted by atomic mass is 79.9. The maximum Gasteiger partial charge on any atom is 0.199 e. The summed E-state index contributed by atoms with van der Waals surface area (Å²) >= 11 is 9.02. The summed E-state index contributed by atoms with van der Waals surface area (Å²) in [6.45, 7) is 3.64. The molecule has 1 aromatic carbocycles. The molecule has 0 aliphatic heterocycles. The van der Waals surface area contributed by atoms with E-state index >= 15 is 0 Å². The van der Waals surface area contributed by atoms with E-state index in [0.29, 0.717) is 6.04 Å². The second kappa shape index (κ2) is 6.02. The lowest BCUT2D eigenvalue weighted by molar-refractivity contribution is 0.243. The van der Waals surface area contributed by atoms with Gasteiger partial charge in [0.1, 0.15) is 5.82 Å². The predicted octanol–water partition coefficient (Wildman–Crippen LogP) is 3.91. The number of hydrogen-bond acceptors (Lipinski definition) is 3. The van der Waals surface area contributed by atoms with Crippen LogP contribution in [-0.4, -0.2) is 26.3 Å². The van der Waals surface area contributed by atoms with Crippen LogP contribution in [0.25, 0.3) is 0 Å². The van der Waals surface area contributed by atoms with Crippen molar-refractivity contribution < 1.29 is 0 Å². The summed E-state index contributed by atoms with van der Waals surface area (Å²) in [4.78, 5) is 2.22. The zero-order chi connectivity index (χ0) is 15.0. The SMILES string of the molecule is Cc1nn(CN(C)Cc2ccc(Br)cc2)c(=S)n1C1CC1. The average molecular weight is 367 g/mol. The number of rotatable bonds is 5. The minimum Gasteiger partial charge on any atom is -0.301 e. The molecule has 1 fully saturated rings. The fourth-order valence-corrected chi connectivity index (χ4v) is 3.20. The molecule has 112 valence electrons. The predicted molar refractivity (Wildman–Crippen MR) is 89.7 cm³/mol. The molecule has 1 aromatic heterocycles. The molecule has 21 heavy (non-hydrogen) atoms. The summed E-state index contributed by atoms with van der Waals surface area (Å²) < 4.78 is 6.08. The van der Waals surface area contributed by atoms with Crippen molar-refractivity contribution in [3.8, 4) is 0 Å². The Morgan fingerprint density at radius 3 is 2.62 bits per heavy atom. The van der Waals surface area contributed by atoms with Crippen LogP contribution in [0.2, 0.25) is 0 Å². The molecule has 1 aliphatic rings. The van der Waals surface area contributed by atoms with Gasteiger partial charge in [0.15, 0.2) is 4.77 Å². The van der Waals surface area contributed by atoms with Gasteiger partial charge in [-0.15, -0.1) is 0 Å². The van der Waals surface area contributed by atoms with Gasteiger partial charge in [-0.3, -0.25) is 4.90 Å². The van der Waals surface area contributed by atoms with E-state index in [1.54, 1.807) is 0 Å². The molecule has 6 heteroatoms. The van der Waals surface area contributed by atoms with Crippen LogP contribution in [0, 0.1) is 11.7 Å². The van der Waals surface area contributed by atoms with Gasteiger partial charge in [0.05, 0.1) is 6.67 Å². The van der Waals surface area contributed by atoms with Crippen molar-refractivity contribution in [3.05, 3.63) is 44.9 Å². The highest BCUT2D eigenvalue weighted by Gasteiger charge is 2.27. The second-order valence-electron chi connectivity index (χ2n) is 5.71. The van der Waals surface area contributed by atoms with Crippen LogP contribution in [0.4, 0.5) is 0 Å². The largest absolute Gasteiger partial charge is 0.301 e. The van der Waals surface area contributed by atoms with Gasteiger partial charge >= 0.3 is 0 Å². The fourth-order valence-electron chi connectivity index (χ4n) is 2.55. The lowest BCUT2D eigenvalue weighted by Crippen LogP contribution is -2.22. The Bertz CT molecular complexity index is 685. The van der Waals surface area contributed by atoms with Gasteiger partial charge in [-0.25, -0.2) is 4.68 Å². The molecule has 0 amide bonds. The first-order chi connectivity index (χ1) is 10.0. The summed E-state index contributed by atoms with van der Waals surface area (Å²) in [5, 5.41) is 4.59. The molecule has 0 bridgehead atoms. The number of aryl methyl sites for hydroxylation is 1. The molecule has 0 atom stereocenters. The molecule has 1 saturated carbocycles. The maximum atomic E-state index is 5.56. The molecule has 2 aromatic rings. The molecule has 0 radical (unpaired) electrons. The molecule has 4 nitrogen and oxygen atoms in total. The van der Waals surface area contributed by atoms with Gasteiger partial charge in [0.2, 0.25) is 0 Å². The van der Waals surface area contributed by atoms with E-state index in [-0.39, 0.29) is 0 Å². The topological polar surface area (TPSA) is 26.0 Å². The third-order valence-electron chi connectivity index (χ3n) is 3.69. The van der Waals surface area contributed by atoms with E-state index in [1.165, 1.54) is 18.4 Å². The van der Waals surface area contributed by atoms with Crippen molar-refractivity contribution in [2.45, 2.75) is 39.0 Å². The molecule has 0 spiro atoms. The van der Waals surface area contributed by atoms with Crippen molar-refractivity contribution in [1.82, 2.24) is 19.2 Å². The molecule has 0 saturated heterocycles. The highest BCUT2D eigenvalue weighted by Crippen LogP contribution is 2.35. The lowest BCUT2D eigenvalue weighted by atomic mass is 10.2. The van der Waals surface area contributed by atoms with Crippen LogP contribution in [0.5, 0.6) is 0 Å². The first kappa shape index (κ1) is 14.9. The summed E-state index contributed by atoms with van der Waals surface area (Å²) in [6.07, 6.45) is 2.46. The van der Waals surface area contributed by atoms with Gasteiger partial charge in [-0.2, -0.15) is 5.10 Å². The van der Waals surface area contributed by atoms with Crippen LogP contribution < -0.4 is 0 Å². The summed E-state index contributed by atoms with van der Waals surface area (Å²) in [5.74, 6) is 1.03. The van der Waals surface area contributed by atoms with Crippen LogP contribution in [0.1, 0.15) is 30.3 Å². The Morgan fingerprint density at radius 1 is 1.33 bits per heavy atom. The van der Waals surface area contributed by atoms with E-state index in [4.69, 9.17) is 12.2 Å². The van der Waals surface area contributed by atoms with Crippen LogP contribution >= 0.6 is 28.1 Å². The van der Waals surface area contributed by atoms with Crippen molar-refractivity contribution in [1.29, 1.82) is 0 Å². The second-order valence-corrected chi connectivity index (χ2v) is 6.99. The van der Waals surface area contributed by atoms with Crippen LogP contribution in [0.15, 0.2) is 28.7 Å². The Morgan fingerprint density at radius 2 is 2.00 bits per heavy atom. The average Bonchev–Trinajstić information content (AvgIpc) is 3.21. The molecular formula is C15H19BrN4S. The number of halogens is 1. The minimum atomic E-state index is 0.586. The van der Waals surface area contributed by atoms with Crippen molar-refractivity contribution >= 4 is 28.1 Å². The first-order valence-electron chi connectivity index (χ1n) is 7.13. The molecule has 3 rings (SSSR count). The Hall–Kier alpha value is -0.980. The van der Waals surface area contributed by atoms with Gasteiger partial charge in [-0.1, -0.05) is 28.1 Å². The molecule has 0 N–H and O–H groups in total. The monoisotopic (exact) mass is 366 g/mol. The maximum absolute atomic E-state index is 5.56. The zero-order valence-corrected chi connectivity index (χ0v) is 14.7. The van der Waals surface area contributed by atoms with Crippen LogP contribution in [0.3, 0.4) is 0 Å². The van der Waals surface area contributed by atoms with Gasteiger partial charge in [0.25, 0.3) is 0 Å². The third kappa shape index (κ3) is 3.44. The quantitative estimate of drug-likeness (QED) is 0.750. The van der Waals surface area contributed by atoms with Gasteiger partial charge < -0.3 is 4.57 Å². The summed E-state index contributed by atoms with van der Waals surface area (Å²) in [6, 6.07) is 8.99. The standard InChI is InChI=1S/C15H19BrN4S/c1-11-17-19(15(21)20(11)14-7-8-14)10-18(2)9-12-3-5-13(16)6-4-12/h3-6,14H,7-10H2,1-2H3. The molecule has 1 aliphatic carbocycles. The van der Waals surface area contributed by atoms with Gasteiger partial charge in [0, 0.05) is 17.1 Å². The Balaban J connectivity index is 1.70. The smallest absolute Gasteiger partial charge is 0.199 e. The fraction of sp³-hybridized carbons (Fsp3) is 0.467. The Kier molecular flexibility index (Phi) is 4.28. The summed E-state index contributed by atoms with van der Waals surface area (Å²) in [5.41, 5.74) is 1.28. The van der Waals surface area contributed by atoms with Crippen molar-refractivity contribution in [2.24, 2.45) is 0 Å². The number of hydrogen-bond donors (Lipinski definition) is 0. The van der Waals surface area contributed by atoms with E-state index < -0.39 is 0 Å². The number of aromatic nitrogens is 3. The first-order valence-corrected chi connectivity index (χ1v) is 8.33. The Labute approximate surface area is 138 Å². The molecule has 1 heterocycles. The zero-order valence-electron chi connectivity index (χ0n) is 12.3. The number of benzene rings is 1. The van der Waals surface area contributed by atoms with Gasteiger partial charge in [-0.05, 0) is 56.7 Å². The summed E-state index contributed by atoms with van der Waals surface area (Å²) in [7, 11) is 2.09. The highest BCUT2D eigenvalue weighted by molar-refractivity contribution is 9.10. The molecule has 0 unspecified atom stereocenters. The van der Waals surface area contributed by atoms with Crippen molar-refractivity contribution in [2.75, 3.05) is 7.05 Å². The van der Waals surface area contributed by atoms with E-state index in [9.17, 15) is 0 Å². The van der Waals surface area contributed by atoms with E-state index in [0.717, 1.165) is 28.3 Å². The van der Waals surface area contributed by atoms with Crippen molar-refractivity contribution in [3.63, 3.8) is 0 Å². The van der Waals surface area contributed by atoms with E-state index in [1.807, 2.05) is 11.6 Å². The molecular weight excluding hydrogens is 348 g/mol. The minimum absolute atomic E-state index is 0.586.